The Hall–Kier alpha value is -1.69. The summed E-state index contributed by atoms with van der Waals surface area (Å²) in [6.07, 6.45) is 2.07. The average Bonchev–Trinajstić information content (AvgIpc) is 2.39. The van der Waals surface area contributed by atoms with Crippen LogP contribution in [0.15, 0.2) is 18.2 Å². The summed E-state index contributed by atoms with van der Waals surface area (Å²) in [5.41, 5.74) is 0.373. The largest absolute Gasteiger partial charge is 0.366 e. The quantitative estimate of drug-likeness (QED) is 0.671. The molecule has 1 N–H and O–H groups in total. The van der Waals surface area contributed by atoms with Crippen LogP contribution < -0.4 is 10.2 Å². The van der Waals surface area contributed by atoms with Crippen molar-refractivity contribution in [2.45, 2.75) is 12.8 Å². The molecule has 1 heterocycles. The highest BCUT2D eigenvalue weighted by Gasteiger charge is 2.25. The van der Waals surface area contributed by atoms with Gasteiger partial charge in [0.1, 0.15) is 11.5 Å². The van der Waals surface area contributed by atoms with Crippen molar-refractivity contribution in [3.05, 3.63) is 34.1 Å². The van der Waals surface area contributed by atoms with E-state index in [0.29, 0.717) is 11.6 Å². The Labute approximate surface area is 111 Å². The van der Waals surface area contributed by atoms with Crippen LogP contribution in [0.5, 0.6) is 0 Å². The first kappa shape index (κ1) is 13.7. The predicted molar refractivity (Wildman–Crippen MR) is 71.9 cm³/mol. The number of piperidine rings is 1. The fourth-order valence-electron chi connectivity index (χ4n) is 2.64. The first-order valence-corrected chi connectivity index (χ1v) is 6.45. The van der Waals surface area contributed by atoms with Crippen molar-refractivity contribution in [3.8, 4) is 0 Å². The van der Waals surface area contributed by atoms with Crippen LogP contribution in [0.1, 0.15) is 12.8 Å². The first-order valence-electron chi connectivity index (χ1n) is 6.45. The summed E-state index contributed by atoms with van der Waals surface area (Å²) in [6.45, 7) is 2.34. The van der Waals surface area contributed by atoms with Crippen LogP contribution in [-0.2, 0) is 0 Å². The van der Waals surface area contributed by atoms with Crippen LogP contribution in [0, 0.1) is 21.8 Å². The molecule has 5 nitrogen and oxygen atoms in total. The Balaban J connectivity index is 2.24. The van der Waals surface area contributed by atoms with Gasteiger partial charge >= 0.3 is 0 Å². The van der Waals surface area contributed by atoms with E-state index in [-0.39, 0.29) is 5.69 Å². The molecule has 1 aliphatic rings. The Morgan fingerprint density at radius 3 is 3.05 bits per heavy atom. The van der Waals surface area contributed by atoms with Crippen LogP contribution in [0.4, 0.5) is 15.8 Å². The molecule has 1 fully saturated rings. The highest BCUT2D eigenvalue weighted by Crippen LogP contribution is 2.32. The molecular weight excluding hydrogens is 249 g/mol. The monoisotopic (exact) mass is 267 g/mol. The molecule has 19 heavy (non-hydrogen) atoms. The van der Waals surface area contributed by atoms with Crippen molar-refractivity contribution < 1.29 is 9.31 Å². The van der Waals surface area contributed by atoms with Gasteiger partial charge in [-0.25, -0.2) is 4.39 Å². The number of nitrogens with zero attached hydrogens (tertiary/aromatic N) is 2. The summed E-state index contributed by atoms with van der Waals surface area (Å²) in [7, 11) is 1.89. The van der Waals surface area contributed by atoms with Gasteiger partial charge in [-0.05, 0) is 38.4 Å². The number of nitro benzene ring substituents is 1. The van der Waals surface area contributed by atoms with E-state index in [1.54, 1.807) is 0 Å². The number of rotatable bonds is 4. The number of hydrogen-bond donors (Lipinski definition) is 1. The lowest BCUT2D eigenvalue weighted by Gasteiger charge is -2.34. The van der Waals surface area contributed by atoms with Gasteiger partial charge in [-0.15, -0.1) is 0 Å². The number of hydrogen-bond acceptors (Lipinski definition) is 4. The van der Waals surface area contributed by atoms with E-state index in [0.717, 1.165) is 38.5 Å². The van der Waals surface area contributed by atoms with E-state index in [1.807, 2.05) is 11.9 Å². The maximum absolute atomic E-state index is 13.3. The van der Waals surface area contributed by atoms with Crippen molar-refractivity contribution in [1.82, 2.24) is 5.32 Å². The maximum Gasteiger partial charge on any atom is 0.292 e. The minimum atomic E-state index is -0.448. The molecular formula is C13H18FN3O2. The molecule has 0 bridgehead atoms. The van der Waals surface area contributed by atoms with Gasteiger partial charge in [0.05, 0.1) is 4.92 Å². The van der Waals surface area contributed by atoms with Crippen molar-refractivity contribution in [3.63, 3.8) is 0 Å². The molecule has 1 saturated heterocycles. The normalized spacial score (nSPS) is 19.5. The number of benzene rings is 1. The molecule has 2 rings (SSSR count). The second kappa shape index (κ2) is 5.97. The summed E-state index contributed by atoms with van der Waals surface area (Å²) >= 11 is 0. The van der Waals surface area contributed by atoms with Crippen LogP contribution >= 0.6 is 0 Å². The second-order valence-electron chi connectivity index (χ2n) is 4.90. The topological polar surface area (TPSA) is 58.4 Å². The highest BCUT2D eigenvalue weighted by molar-refractivity contribution is 5.63. The standard InChI is InChI=1S/C13H18FN3O2/c1-15-8-10-3-2-6-16(9-10)13-7-11(14)4-5-12(13)17(18)19/h4-5,7,10,15H,2-3,6,8-9H2,1H3. The van der Waals surface area contributed by atoms with Gasteiger partial charge in [0.15, 0.2) is 0 Å². The molecule has 104 valence electrons. The number of anilines is 1. The van der Waals surface area contributed by atoms with Crippen LogP contribution in [0.2, 0.25) is 0 Å². The van der Waals surface area contributed by atoms with Crippen molar-refractivity contribution in [1.29, 1.82) is 0 Å². The molecule has 1 aromatic carbocycles. The lowest BCUT2D eigenvalue weighted by Crippen LogP contribution is -2.39. The molecule has 0 spiro atoms. The molecule has 6 heteroatoms. The van der Waals surface area contributed by atoms with Gasteiger partial charge in [-0.3, -0.25) is 10.1 Å². The molecule has 0 radical (unpaired) electrons. The minimum absolute atomic E-state index is 0.0218. The van der Waals surface area contributed by atoms with Gasteiger partial charge in [0.25, 0.3) is 5.69 Å². The number of nitrogens with one attached hydrogen (secondary N) is 1. The Kier molecular flexibility index (Phi) is 4.31. The lowest BCUT2D eigenvalue weighted by molar-refractivity contribution is -0.384. The fourth-order valence-corrected chi connectivity index (χ4v) is 2.64. The molecule has 0 saturated carbocycles. The smallest absolute Gasteiger partial charge is 0.292 e. The van der Waals surface area contributed by atoms with Gasteiger partial charge in [0.2, 0.25) is 0 Å². The second-order valence-corrected chi connectivity index (χ2v) is 4.90. The Morgan fingerprint density at radius 1 is 1.58 bits per heavy atom. The third kappa shape index (κ3) is 3.20. The zero-order chi connectivity index (χ0) is 13.8. The molecule has 1 atom stereocenters. The van der Waals surface area contributed by atoms with E-state index < -0.39 is 10.7 Å². The van der Waals surface area contributed by atoms with E-state index >= 15 is 0 Å². The summed E-state index contributed by atoms with van der Waals surface area (Å²) in [6, 6.07) is 3.64. The van der Waals surface area contributed by atoms with Crippen molar-refractivity contribution in [2.24, 2.45) is 5.92 Å². The van der Waals surface area contributed by atoms with Gasteiger partial charge in [0, 0.05) is 25.2 Å². The van der Waals surface area contributed by atoms with E-state index in [9.17, 15) is 14.5 Å². The van der Waals surface area contributed by atoms with Crippen LogP contribution in [0.3, 0.4) is 0 Å². The summed E-state index contributed by atoms with van der Waals surface area (Å²) in [5, 5.41) is 14.2. The van der Waals surface area contributed by atoms with Gasteiger partial charge < -0.3 is 10.2 Å². The molecule has 0 amide bonds. The zero-order valence-corrected chi connectivity index (χ0v) is 10.9. The SMILES string of the molecule is CNCC1CCCN(c2cc(F)ccc2[N+](=O)[O-])C1. The molecule has 0 aromatic heterocycles. The van der Waals surface area contributed by atoms with Crippen molar-refractivity contribution in [2.75, 3.05) is 31.6 Å². The molecule has 1 unspecified atom stereocenters. The van der Waals surface area contributed by atoms with E-state index in [4.69, 9.17) is 0 Å². The highest BCUT2D eigenvalue weighted by atomic mass is 19.1. The number of halogens is 1. The molecule has 1 aliphatic heterocycles. The third-order valence-electron chi connectivity index (χ3n) is 3.49. The number of nitro groups is 1. The Morgan fingerprint density at radius 2 is 2.37 bits per heavy atom. The zero-order valence-electron chi connectivity index (χ0n) is 10.9. The summed E-state index contributed by atoms with van der Waals surface area (Å²) in [4.78, 5) is 12.5. The lowest BCUT2D eigenvalue weighted by atomic mass is 9.97. The summed E-state index contributed by atoms with van der Waals surface area (Å²) < 4.78 is 13.3. The minimum Gasteiger partial charge on any atom is -0.366 e. The van der Waals surface area contributed by atoms with E-state index in [1.165, 1.54) is 12.1 Å². The van der Waals surface area contributed by atoms with Crippen LogP contribution in [0.25, 0.3) is 0 Å². The maximum atomic E-state index is 13.3. The Bertz CT molecular complexity index is 465. The molecule has 1 aromatic rings. The summed E-state index contributed by atoms with van der Waals surface area (Å²) in [5.74, 6) is 0.0120. The van der Waals surface area contributed by atoms with Gasteiger partial charge in [-0.2, -0.15) is 0 Å². The van der Waals surface area contributed by atoms with Crippen LogP contribution in [-0.4, -0.2) is 31.6 Å². The molecule has 0 aliphatic carbocycles. The fraction of sp³-hybridized carbons (Fsp3) is 0.538. The predicted octanol–water partition coefficient (Wildman–Crippen LogP) is 2.17. The third-order valence-corrected chi connectivity index (χ3v) is 3.49. The van der Waals surface area contributed by atoms with E-state index in [2.05, 4.69) is 5.32 Å². The average molecular weight is 267 g/mol. The van der Waals surface area contributed by atoms with Gasteiger partial charge in [-0.1, -0.05) is 0 Å². The first-order chi connectivity index (χ1) is 9.11. The van der Waals surface area contributed by atoms with Crippen molar-refractivity contribution >= 4 is 11.4 Å².